The van der Waals surface area contributed by atoms with Crippen LogP contribution in [0.3, 0.4) is 0 Å². The Morgan fingerprint density at radius 3 is 3.03 bits per heavy atom. The second kappa shape index (κ2) is 8.10. The number of benzene rings is 1. The number of hydrogen-bond acceptors (Lipinski definition) is 7. The standard InChI is InChI=1S/C20H20N6OS2/c27-17(6-11-25-8-1-2-9-25)24-20-23-15-5-4-14(12-16(15)29-20)28-18-13-22-19-21-7-3-10-26(18)19/h3-5,7,10,12-13H,1-2,6,8-9,11H2,(H,23,24,27). The molecule has 5 rings (SSSR count). The molecule has 9 heteroatoms. The van der Waals surface area contributed by atoms with Crippen LogP contribution >= 0.6 is 23.1 Å². The summed E-state index contributed by atoms with van der Waals surface area (Å²) in [6.07, 6.45) is 8.52. The number of imidazole rings is 1. The zero-order valence-electron chi connectivity index (χ0n) is 15.7. The van der Waals surface area contributed by atoms with E-state index in [-0.39, 0.29) is 5.91 Å². The van der Waals surface area contributed by atoms with E-state index in [4.69, 9.17) is 0 Å². The van der Waals surface area contributed by atoms with Gasteiger partial charge in [0, 0.05) is 30.3 Å². The van der Waals surface area contributed by atoms with Gasteiger partial charge in [-0.1, -0.05) is 23.1 Å². The highest BCUT2D eigenvalue weighted by Crippen LogP contribution is 2.33. The molecule has 3 aromatic heterocycles. The second-order valence-electron chi connectivity index (χ2n) is 6.98. The molecule has 1 N–H and O–H groups in total. The van der Waals surface area contributed by atoms with Crippen molar-refractivity contribution in [2.24, 2.45) is 0 Å². The lowest BCUT2D eigenvalue weighted by Crippen LogP contribution is -2.24. The summed E-state index contributed by atoms with van der Waals surface area (Å²) in [5, 5.41) is 4.62. The van der Waals surface area contributed by atoms with Crippen LogP contribution in [0.1, 0.15) is 19.3 Å². The number of thiazole rings is 1. The van der Waals surface area contributed by atoms with E-state index in [9.17, 15) is 4.79 Å². The van der Waals surface area contributed by atoms with Gasteiger partial charge in [0.05, 0.1) is 16.4 Å². The largest absolute Gasteiger partial charge is 0.303 e. The lowest BCUT2D eigenvalue weighted by atomic mass is 10.3. The maximum Gasteiger partial charge on any atom is 0.234 e. The molecule has 1 aromatic carbocycles. The normalized spacial score (nSPS) is 14.8. The third-order valence-corrected chi connectivity index (χ3v) is 6.87. The Bertz CT molecular complexity index is 1160. The Balaban J connectivity index is 1.27. The number of nitrogens with one attached hydrogen (secondary N) is 1. The maximum absolute atomic E-state index is 12.3. The quantitative estimate of drug-likeness (QED) is 0.506. The van der Waals surface area contributed by atoms with Crippen LogP contribution in [0.5, 0.6) is 0 Å². The molecule has 1 fully saturated rings. The van der Waals surface area contributed by atoms with Crippen LogP contribution in [-0.4, -0.2) is 49.8 Å². The molecule has 4 aromatic rings. The van der Waals surface area contributed by atoms with Gasteiger partial charge in [-0.3, -0.25) is 9.20 Å². The van der Waals surface area contributed by atoms with Crippen molar-refractivity contribution in [1.82, 2.24) is 24.3 Å². The van der Waals surface area contributed by atoms with Crippen molar-refractivity contribution in [2.75, 3.05) is 25.0 Å². The summed E-state index contributed by atoms with van der Waals surface area (Å²) in [4.78, 5) is 28.8. The van der Waals surface area contributed by atoms with Gasteiger partial charge in [0.15, 0.2) is 5.13 Å². The number of fused-ring (bicyclic) bond motifs is 2. The van der Waals surface area contributed by atoms with Gasteiger partial charge in [-0.25, -0.2) is 15.0 Å². The molecule has 4 heterocycles. The van der Waals surface area contributed by atoms with Crippen LogP contribution in [0, 0.1) is 0 Å². The fraction of sp³-hybridized carbons (Fsp3) is 0.300. The molecule has 148 valence electrons. The zero-order chi connectivity index (χ0) is 19.6. The van der Waals surface area contributed by atoms with E-state index >= 15 is 0 Å². The van der Waals surface area contributed by atoms with E-state index in [2.05, 4.69) is 31.2 Å². The second-order valence-corrected chi connectivity index (χ2v) is 9.11. The van der Waals surface area contributed by atoms with Crippen LogP contribution in [0.25, 0.3) is 16.0 Å². The molecular weight excluding hydrogens is 404 g/mol. The lowest BCUT2D eigenvalue weighted by molar-refractivity contribution is -0.116. The Labute approximate surface area is 176 Å². The molecule has 1 aliphatic heterocycles. The highest BCUT2D eigenvalue weighted by atomic mass is 32.2. The Morgan fingerprint density at radius 1 is 1.24 bits per heavy atom. The summed E-state index contributed by atoms with van der Waals surface area (Å²) in [5.41, 5.74) is 0.897. The minimum absolute atomic E-state index is 0.0313. The molecule has 7 nitrogen and oxygen atoms in total. The van der Waals surface area contributed by atoms with Gasteiger partial charge in [0.1, 0.15) is 5.03 Å². The van der Waals surface area contributed by atoms with Crippen molar-refractivity contribution in [2.45, 2.75) is 29.2 Å². The van der Waals surface area contributed by atoms with Gasteiger partial charge in [0.25, 0.3) is 0 Å². The van der Waals surface area contributed by atoms with E-state index in [0.29, 0.717) is 17.3 Å². The van der Waals surface area contributed by atoms with Crippen molar-refractivity contribution < 1.29 is 4.79 Å². The molecule has 1 saturated heterocycles. The molecule has 0 bridgehead atoms. The SMILES string of the molecule is O=C(CCN1CCCC1)Nc1nc2ccc(Sc3cnc4ncccn34)cc2s1. The predicted molar refractivity (Wildman–Crippen MR) is 116 cm³/mol. The summed E-state index contributed by atoms with van der Waals surface area (Å²) in [6.45, 7) is 3.04. The number of aromatic nitrogens is 4. The van der Waals surface area contributed by atoms with E-state index in [1.807, 2.05) is 35.0 Å². The molecule has 0 unspecified atom stereocenters. The molecule has 0 spiro atoms. The first-order valence-electron chi connectivity index (χ1n) is 9.63. The summed E-state index contributed by atoms with van der Waals surface area (Å²) in [6, 6.07) is 8.04. The molecule has 0 radical (unpaired) electrons. The van der Waals surface area contributed by atoms with Crippen LogP contribution in [0.15, 0.2) is 52.8 Å². The summed E-state index contributed by atoms with van der Waals surface area (Å²) in [5.74, 6) is 0.719. The predicted octanol–water partition coefficient (Wildman–Crippen LogP) is 3.91. The summed E-state index contributed by atoms with van der Waals surface area (Å²) < 4.78 is 3.02. The average Bonchev–Trinajstić information content (AvgIpc) is 3.46. The van der Waals surface area contributed by atoms with Crippen LogP contribution in [-0.2, 0) is 4.79 Å². The molecule has 0 aliphatic carbocycles. The minimum Gasteiger partial charge on any atom is -0.303 e. The highest BCUT2D eigenvalue weighted by Gasteiger charge is 2.14. The van der Waals surface area contributed by atoms with Gasteiger partial charge in [-0.05, 0) is 50.2 Å². The van der Waals surface area contributed by atoms with Crippen LogP contribution < -0.4 is 5.32 Å². The molecule has 1 aliphatic rings. The first-order chi connectivity index (χ1) is 14.2. The molecule has 29 heavy (non-hydrogen) atoms. The van der Waals surface area contributed by atoms with E-state index in [1.165, 1.54) is 24.2 Å². The summed E-state index contributed by atoms with van der Waals surface area (Å²) in [7, 11) is 0. The number of nitrogens with zero attached hydrogens (tertiary/aromatic N) is 5. The number of carbonyl (C=O) groups excluding carboxylic acids is 1. The monoisotopic (exact) mass is 424 g/mol. The third kappa shape index (κ3) is 4.12. The van der Waals surface area contributed by atoms with Crippen molar-refractivity contribution in [3.8, 4) is 0 Å². The van der Waals surface area contributed by atoms with Crippen molar-refractivity contribution in [1.29, 1.82) is 0 Å². The lowest BCUT2D eigenvalue weighted by Gasteiger charge is -2.13. The molecular formula is C20H20N6OS2. The van der Waals surface area contributed by atoms with E-state index in [1.54, 1.807) is 18.0 Å². The number of likely N-dealkylation sites (tertiary alicyclic amines) is 1. The Hall–Kier alpha value is -2.49. The van der Waals surface area contributed by atoms with Crippen molar-refractivity contribution in [3.63, 3.8) is 0 Å². The van der Waals surface area contributed by atoms with E-state index in [0.717, 1.165) is 39.8 Å². The Kier molecular flexibility index (Phi) is 5.17. The number of anilines is 1. The summed E-state index contributed by atoms with van der Waals surface area (Å²) >= 11 is 3.14. The first-order valence-corrected chi connectivity index (χ1v) is 11.3. The number of carbonyl (C=O) groups is 1. The fourth-order valence-electron chi connectivity index (χ4n) is 3.47. The van der Waals surface area contributed by atoms with Gasteiger partial charge in [-0.2, -0.15) is 0 Å². The van der Waals surface area contributed by atoms with Gasteiger partial charge in [0.2, 0.25) is 11.7 Å². The van der Waals surface area contributed by atoms with Crippen molar-refractivity contribution in [3.05, 3.63) is 42.9 Å². The van der Waals surface area contributed by atoms with Crippen molar-refractivity contribution >= 4 is 50.1 Å². The number of hydrogen-bond donors (Lipinski definition) is 1. The zero-order valence-corrected chi connectivity index (χ0v) is 17.4. The fourth-order valence-corrected chi connectivity index (χ4v) is 5.37. The third-order valence-electron chi connectivity index (χ3n) is 4.94. The van der Waals surface area contributed by atoms with Gasteiger partial charge in [-0.15, -0.1) is 0 Å². The van der Waals surface area contributed by atoms with Gasteiger partial charge < -0.3 is 10.2 Å². The highest BCUT2D eigenvalue weighted by molar-refractivity contribution is 7.99. The minimum atomic E-state index is 0.0313. The molecule has 0 atom stereocenters. The Morgan fingerprint density at radius 2 is 2.14 bits per heavy atom. The number of rotatable bonds is 6. The smallest absolute Gasteiger partial charge is 0.234 e. The maximum atomic E-state index is 12.3. The van der Waals surface area contributed by atoms with Crippen LogP contribution in [0.4, 0.5) is 5.13 Å². The van der Waals surface area contributed by atoms with E-state index < -0.39 is 0 Å². The molecule has 0 saturated carbocycles. The van der Waals surface area contributed by atoms with Gasteiger partial charge >= 0.3 is 0 Å². The first kappa shape index (κ1) is 18.5. The molecule has 1 amide bonds. The average molecular weight is 425 g/mol. The number of amides is 1. The topological polar surface area (TPSA) is 75.4 Å². The van der Waals surface area contributed by atoms with Crippen LogP contribution in [0.2, 0.25) is 0 Å².